The molecule has 2 aromatic carbocycles. The molecule has 0 radical (unpaired) electrons. The summed E-state index contributed by atoms with van der Waals surface area (Å²) >= 11 is 5.86. The number of amides is 1. The zero-order chi connectivity index (χ0) is 17.3. The first-order valence-corrected chi connectivity index (χ1v) is 9.42. The molecule has 1 aliphatic rings. The number of hydrogen-bond acceptors (Lipinski definition) is 3. The van der Waals surface area contributed by atoms with E-state index in [0.29, 0.717) is 17.3 Å². The van der Waals surface area contributed by atoms with Gasteiger partial charge in [-0.2, -0.15) is 0 Å². The number of hydrogen-bond donors (Lipinski definition) is 1. The molecule has 0 aromatic heterocycles. The Morgan fingerprint density at radius 1 is 1.21 bits per heavy atom. The fraction of sp³-hybridized carbons (Fsp3) is 0.235. The summed E-state index contributed by atoms with van der Waals surface area (Å²) in [4.78, 5) is 13.5. The molecule has 2 aromatic rings. The standard InChI is InChI=1S/C17H17ClN2O3S/c1-12(21)20-9-3-4-13-10-15(7-8-17(13)20)19-24(22,23)16-6-2-5-14(18)11-16/h2,5-8,10-11,19H,3-4,9H2,1H3. The Morgan fingerprint density at radius 2 is 2.00 bits per heavy atom. The third-order valence-corrected chi connectivity index (χ3v) is 5.55. The minimum Gasteiger partial charge on any atom is -0.312 e. The molecule has 24 heavy (non-hydrogen) atoms. The molecule has 0 bridgehead atoms. The number of carbonyl (C=O) groups is 1. The first kappa shape index (κ1) is 16.8. The average Bonchev–Trinajstić information content (AvgIpc) is 2.53. The number of sulfonamides is 1. The van der Waals surface area contributed by atoms with Crippen LogP contribution in [0.1, 0.15) is 18.9 Å². The summed E-state index contributed by atoms with van der Waals surface area (Å²) in [5, 5.41) is 0.361. The zero-order valence-electron chi connectivity index (χ0n) is 13.1. The first-order chi connectivity index (χ1) is 11.4. The molecule has 1 heterocycles. The average molecular weight is 365 g/mol. The van der Waals surface area contributed by atoms with Gasteiger partial charge in [0.1, 0.15) is 0 Å². The number of anilines is 2. The molecule has 0 aliphatic carbocycles. The van der Waals surface area contributed by atoms with Gasteiger partial charge in [-0.3, -0.25) is 9.52 Å². The lowest BCUT2D eigenvalue weighted by atomic mass is 10.0. The molecule has 0 unspecified atom stereocenters. The highest BCUT2D eigenvalue weighted by atomic mass is 35.5. The van der Waals surface area contributed by atoms with Gasteiger partial charge in [-0.05, 0) is 54.8 Å². The molecule has 0 saturated heterocycles. The van der Waals surface area contributed by atoms with Crippen molar-refractivity contribution < 1.29 is 13.2 Å². The van der Waals surface area contributed by atoms with Gasteiger partial charge in [-0.15, -0.1) is 0 Å². The molecular formula is C17H17ClN2O3S. The van der Waals surface area contributed by atoms with E-state index in [1.807, 2.05) is 0 Å². The number of fused-ring (bicyclic) bond motifs is 1. The second kappa shape index (κ2) is 6.45. The van der Waals surface area contributed by atoms with Gasteiger partial charge in [0.05, 0.1) is 4.90 Å². The quantitative estimate of drug-likeness (QED) is 0.907. The van der Waals surface area contributed by atoms with E-state index in [1.165, 1.54) is 19.1 Å². The molecule has 1 amide bonds. The van der Waals surface area contributed by atoms with Crippen molar-refractivity contribution in [3.05, 3.63) is 53.1 Å². The monoisotopic (exact) mass is 364 g/mol. The summed E-state index contributed by atoms with van der Waals surface area (Å²) in [6.07, 6.45) is 1.67. The number of carbonyl (C=O) groups excluding carboxylic acids is 1. The number of nitrogens with one attached hydrogen (secondary N) is 1. The third kappa shape index (κ3) is 3.39. The van der Waals surface area contributed by atoms with Crippen LogP contribution in [0.2, 0.25) is 5.02 Å². The SMILES string of the molecule is CC(=O)N1CCCc2cc(NS(=O)(=O)c3cccc(Cl)c3)ccc21. The van der Waals surface area contributed by atoms with Crippen LogP contribution in [0.5, 0.6) is 0 Å². The van der Waals surface area contributed by atoms with Crippen LogP contribution in [-0.2, 0) is 21.2 Å². The topological polar surface area (TPSA) is 66.5 Å². The van der Waals surface area contributed by atoms with Gasteiger partial charge in [-0.25, -0.2) is 8.42 Å². The van der Waals surface area contributed by atoms with Crippen LogP contribution in [0, 0.1) is 0 Å². The van der Waals surface area contributed by atoms with Crippen LogP contribution < -0.4 is 9.62 Å². The van der Waals surface area contributed by atoms with Gasteiger partial charge >= 0.3 is 0 Å². The van der Waals surface area contributed by atoms with E-state index in [2.05, 4.69) is 4.72 Å². The van der Waals surface area contributed by atoms with E-state index in [1.54, 1.807) is 35.2 Å². The first-order valence-electron chi connectivity index (χ1n) is 7.56. The molecular weight excluding hydrogens is 348 g/mol. The third-order valence-electron chi connectivity index (χ3n) is 3.94. The van der Waals surface area contributed by atoms with Crippen LogP contribution >= 0.6 is 11.6 Å². The maximum atomic E-state index is 12.5. The van der Waals surface area contributed by atoms with E-state index < -0.39 is 10.0 Å². The van der Waals surface area contributed by atoms with Crippen molar-refractivity contribution in [2.75, 3.05) is 16.2 Å². The predicted molar refractivity (Wildman–Crippen MR) is 95.1 cm³/mol. The number of benzene rings is 2. The summed E-state index contributed by atoms with van der Waals surface area (Å²) in [6.45, 7) is 2.22. The molecule has 0 spiro atoms. The highest BCUT2D eigenvalue weighted by Gasteiger charge is 2.21. The second-order valence-corrected chi connectivity index (χ2v) is 7.80. The highest BCUT2D eigenvalue weighted by Crippen LogP contribution is 2.30. The van der Waals surface area contributed by atoms with Crippen molar-refractivity contribution in [3.8, 4) is 0 Å². The lowest BCUT2D eigenvalue weighted by Gasteiger charge is -2.29. The zero-order valence-corrected chi connectivity index (χ0v) is 14.7. The normalized spacial score (nSPS) is 14.2. The van der Waals surface area contributed by atoms with Crippen LogP contribution in [0.3, 0.4) is 0 Å². The number of aryl methyl sites for hydroxylation is 1. The summed E-state index contributed by atoms with van der Waals surface area (Å²) < 4.78 is 27.5. The molecule has 0 atom stereocenters. The van der Waals surface area contributed by atoms with Crippen LogP contribution in [0.15, 0.2) is 47.4 Å². The molecule has 1 N–H and O–H groups in total. The molecule has 0 saturated carbocycles. The molecule has 126 valence electrons. The maximum absolute atomic E-state index is 12.5. The lowest BCUT2D eigenvalue weighted by Crippen LogP contribution is -2.33. The Balaban J connectivity index is 1.90. The van der Waals surface area contributed by atoms with Gasteiger partial charge in [0.2, 0.25) is 5.91 Å². The summed E-state index contributed by atoms with van der Waals surface area (Å²) in [5.74, 6) is -0.0109. The summed E-state index contributed by atoms with van der Waals surface area (Å²) in [6, 6.07) is 11.3. The molecule has 7 heteroatoms. The highest BCUT2D eigenvalue weighted by molar-refractivity contribution is 7.92. The van der Waals surface area contributed by atoms with E-state index in [9.17, 15) is 13.2 Å². The van der Waals surface area contributed by atoms with Gasteiger partial charge in [0, 0.05) is 29.9 Å². The second-order valence-electron chi connectivity index (χ2n) is 5.68. The molecule has 3 rings (SSSR count). The number of halogens is 1. The van der Waals surface area contributed by atoms with Gasteiger partial charge in [0.25, 0.3) is 10.0 Å². The number of rotatable bonds is 3. The van der Waals surface area contributed by atoms with Crippen LogP contribution in [0.25, 0.3) is 0 Å². The Kier molecular flexibility index (Phi) is 4.51. The molecule has 1 aliphatic heterocycles. The minimum atomic E-state index is -3.71. The Hall–Kier alpha value is -2.05. The van der Waals surface area contributed by atoms with Gasteiger partial charge in [0.15, 0.2) is 0 Å². The van der Waals surface area contributed by atoms with Gasteiger partial charge < -0.3 is 4.90 Å². The lowest BCUT2D eigenvalue weighted by molar-refractivity contribution is -0.116. The summed E-state index contributed by atoms with van der Waals surface area (Å²) in [5.41, 5.74) is 2.28. The van der Waals surface area contributed by atoms with Crippen LogP contribution in [-0.4, -0.2) is 20.9 Å². The fourth-order valence-electron chi connectivity index (χ4n) is 2.84. The van der Waals surface area contributed by atoms with E-state index >= 15 is 0 Å². The van der Waals surface area contributed by atoms with Crippen LogP contribution in [0.4, 0.5) is 11.4 Å². The molecule has 0 fully saturated rings. The Labute approximate surface area is 146 Å². The van der Waals surface area contributed by atoms with E-state index in [0.717, 1.165) is 24.1 Å². The minimum absolute atomic E-state index is 0.0109. The van der Waals surface area contributed by atoms with Crippen molar-refractivity contribution in [1.82, 2.24) is 0 Å². The predicted octanol–water partition coefficient (Wildman–Crippen LogP) is 3.44. The van der Waals surface area contributed by atoms with Crippen molar-refractivity contribution in [2.24, 2.45) is 0 Å². The Bertz CT molecular complexity index is 896. The van der Waals surface area contributed by atoms with Crippen molar-refractivity contribution >= 4 is 38.9 Å². The smallest absolute Gasteiger partial charge is 0.261 e. The van der Waals surface area contributed by atoms with Gasteiger partial charge in [-0.1, -0.05) is 17.7 Å². The Morgan fingerprint density at radius 3 is 2.71 bits per heavy atom. The van der Waals surface area contributed by atoms with Crippen molar-refractivity contribution in [1.29, 1.82) is 0 Å². The molecule has 5 nitrogen and oxygen atoms in total. The fourth-order valence-corrected chi connectivity index (χ4v) is 4.19. The van der Waals surface area contributed by atoms with E-state index in [4.69, 9.17) is 11.6 Å². The van der Waals surface area contributed by atoms with E-state index in [-0.39, 0.29) is 10.8 Å². The van der Waals surface area contributed by atoms with Crippen molar-refractivity contribution in [2.45, 2.75) is 24.7 Å². The number of nitrogens with zero attached hydrogens (tertiary/aromatic N) is 1. The van der Waals surface area contributed by atoms with Crippen molar-refractivity contribution in [3.63, 3.8) is 0 Å². The maximum Gasteiger partial charge on any atom is 0.261 e. The summed E-state index contributed by atoms with van der Waals surface area (Å²) in [7, 11) is -3.71. The largest absolute Gasteiger partial charge is 0.312 e.